The van der Waals surface area contributed by atoms with Gasteiger partial charge in [-0.3, -0.25) is 0 Å². The van der Waals surface area contributed by atoms with Crippen LogP contribution < -0.4 is 4.74 Å². The van der Waals surface area contributed by atoms with Crippen molar-refractivity contribution < 1.29 is 19.3 Å². The second-order valence-corrected chi connectivity index (χ2v) is 5.29. The third-order valence-corrected chi connectivity index (χ3v) is 3.67. The van der Waals surface area contributed by atoms with Crippen molar-refractivity contribution in [2.45, 2.75) is 31.8 Å². The largest absolute Gasteiger partial charge is 0.508 e. The molecule has 0 amide bonds. The molecule has 22 heavy (non-hydrogen) atoms. The average molecular weight is 300 g/mol. The van der Waals surface area contributed by atoms with Gasteiger partial charge in [0.05, 0.1) is 6.61 Å². The van der Waals surface area contributed by atoms with E-state index >= 15 is 0 Å². The number of rotatable bonds is 5. The Hall–Kier alpha value is -2.04. The second kappa shape index (κ2) is 6.81. The quantitative estimate of drug-likeness (QED) is 0.915. The van der Waals surface area contributed by atoms with E-state index in [1.54, 1.807) is 12.1 Å². The summed E-state index contributed by atoms with van der Waals surface area (Å²) in [7, 11) is 0. The molecule has 0 aliphatic carbocycles. The van der Waals surface area contributed by atoms with Crippen LogP contribution in [0.3, 0.4) is 0 Å². The topological polar surface area (TPSA) is 47.9 Å². The molecule has 3 atom stereocenters. The third-order valence-electron chi connectivity index (χ3n) is 3.67. The smallest absolute Gasteiger partial charge is 0.158 e. The lowest BCUT2D eigenvalue weighted by atomic mass is 10.0. The number of hydrogen-bond acceptors (Lipinski definition) is 4. The maximum Gasteiger partial charge on any atom is 0.158 e. The van der Waals surface area contributed by atoms with Gasteiger partial charge in [-0.25, -0.2) is 0 Å². The number of hydrogen-bond donors (Lipinski definition) is 1. The van der Waals surface area contributed by atoms with Crippen molar-refractivity contribution >= 4 is 0 Å². The van der Waals surface area contributed by atoms with E-state index in [1.807, 2.05) is 49.4 Å². The first kappa shape index (κ1) is 14.9. The standard InChI is InChI=1S/C18H20O4/c1-2-17-20-12-16(22-17)18(13-8-10-14(19)11-9-13)21-15-6-4-3-5-7-15/h3-11,16-19H,2,12H2,1H3. The summed E-state index contributed by atoms with van der Waals surface area (Å²) in [6.45, 7) is 2.53. The molecule has 1 saturated heterocycles. The van der Waals surface area contributed by atoms with Gasteiger partial charge in [-0.2, -0.15) is 0 Å². The molecule has 0 radical (unpaired) electrons. The highest BCUT2D eigenvalue weighted by molar-refractivity contribution is 5.30. The fourth-order valence-electron chi connectivity index (χ4n) is 2.52. The molecule has 1 heterocycles. The highest BCUT2D eigenvalue weighted by Crippen LogP contribution is 2.31. The molecule has 116 valence electrons. The number of ether oxygens (including phenoxy) is 3. The lowest BCUT2D eigenvalue weighted by molar-refractivity contribution is -0.0779. The molecule has 0 bridgehead atoms. The Bertz CT molecular complexity index is 582. The maximum absolute atomic E-state index is 9.48. The lowest BCUT2D eigenvalue weighted by Crippen LogP contribution is -2.26. The van der Waals surface area contributed by atoms with Crippen LogP contribution >= 0.6 is 0 Å². The monoisotopic (exact) mass is 300 g/mol. The zero-order chi connectivity index (χ0) is 15.4. The van der Waals surface area contributed by atoms with Gasteiger partial charge in [0, 0.05) is 0 Å². The normalized spacial score (nSPS) is 22.4. The molecule has 0 aromatic heterocycles. The zero-order valence-electron chi connectivity index (χ0n) is 12.5. The minimum absolute atomic E-state index is 0.172. The van der Waals surface area contributed by atoms with Crippen molar-refractivity contribution in [1.82, 2.24) is 0 Å². The number of benzene rings is 2. The summed E-state index contributed by atoms with van der Waals surface area (Å²) in [6.07, 6.45) is 0.183. The van der Waals surface area contributed by atoms with Crippen LogP contribution in [0, 0.1) is 0 Å². The molecule has 1 aliphatic heterocycles. The summed E-state index contributed by atoms with van der Waals surface area (Å²) in [5, 5.41) is 9.48. The molecule has 1 aliphatic rings. The molecule has 2 aromatic carbocycles. The maximum atomic E-state index is 9.48. The Balaban J connectivity index is 1.83. The van der Waals surface area contributed by atoms with Crippen LogP contribution in [0.5, 0.6) is 11.5 Å². The molecule has 0 spiro atoms. The predicted molar refractivity (Wildman–Crippen MR) is 82.8 cm³/mol. The Labute approximate surface area is 130 Å². The van der Waals surface area contributed by atoms with Crippen molar-refractivity contribution in [1.29, 1.82) is 0 Å². The molecule has 4 nitrogen and oxygen atoms in total. The highest BCUT2D eigenvalue weighted by Gasteiger charge is 2.34. The highest BCUT2D eigenvalue weighted by atomic mass is 16.7. The lowest BCUT2D eigenvalue weighted by Gasteiger charge is -2.24. The van der Waals surface area contributed by atoms with E-state index in [0.717, 1.165) is 17.7 Å². The minimum Gasteiger partial charge on any atom is -0.508 e. The first-order valence-electron chi connectivity index (χ1n) is 7.54. The van der Waals surface area contributed by atoms with Crippen LogP contribution in [-0.2, 0) is 9.47 Å². The van der Waals surface area contributed by atoms with E-state index < -0.39 is 0 Å². The van der Waals surface area contributed by atoms with Crippen LogP contribution in [-0.4, -0.2) is 24.1 Å². The van der Waals surface area contributed by atoms with E-state index in [2.05, 4.69) is 0 Å². The van der Waals surface area contributed by atoms with Crippen molar-refractivity contribution in [3.8, 4) is 11.5 Å². The number of phenols is 1. The van der Waals surface area contributed by atoms with Crippen molar-refractivity contribution in [3.63, 3.8) is 0 Å². The Morgan fingerprint density at radius 3 is 2.50 bits per heavy atom. The van der Waals surface area contributed by atoms with Gasteiger partial charge in [-0.15, -0.1) is 0 Å². The van der Waals surface area contributed by atoms with Gasteiger partial charge < -0.3 is 19.3 Å². The molecule has 3 rings (SSSR count). The van der Waals surface area contributed by atoms with E-state index in [9.17, 15) is 5.11 Å². The van der Waals surface area contributed by atoms with E-state index in [-0.39, 0.29) is 24.2 Å². The van der Waals surface area contributed by atoms with E-state index in [4.69, 9.17) is 14.2 Å². The average Bonchev–Trinajstić information content (AvgIpc) is 3.03. The molecule has 4 heteroatoms. The third kappa shape index (κ3) is 3.40. The van der Waals surface area contributed by atoms with Gasteiger partial charge >= 0.3 is 0 Å². The molecule has 3 unspecified atom stereocenters. The van der Waals surface area contributed by atoms with E-state index in [0.29, 0.717) is 6.61 Å². The van der Waals surface area contributed by atoms with Crippen LogP contribution in [0.1, 0.15) is 25.0 Å². The minimum atomic E-state index is -0.278. The Kier molecular flexibility index (Phi) is 4.61. The number of phenolic OH excluding ortho intramolecular Hbond substituents is 1. The van der Waals surface area contributed by atoms with Gasteiger partial charge in [0.15, 0.2) is 12.4 Å². The van der Waals surface area contributed by atoms with Crippen molar-refractivity contribution in [3.05, 3.63) is 60.2 Å². The van der Waals surface area contributed by atoms with Gasteiger partial charge in [0.1, 0.15) is 17.6 Å². The van der Waals surface area contributed by atoms with Crippen LogP contribution in [0.2, 0.25) is 0 Å². The summed E-state index contributed by atoms with van der Waals surface area (Å²) < 4.78 is 17.7. The summed E-state index contributed by atoms with van der Waals surface area (Å²) >= 11 is 0. The van der Waals surface area contributed by atoms with Crippen molar-refractivity contribution in [2.24, 2.45) is 0 Å². The number of aromatic hydroxyl groups is 1. The van der Waals surface area contributed by atoms with Gasteiger partial charge in [0.2, 0.25) is 0 Å². The molecule has 1 fully saturated rings. The van der Waals surface area contributed by atoms with Gasteiger partial charge in [-0.05, 0) is 36.2 Å². The van der Waals surface area contributed by atoms with Gasteiger partial charge in [0.25, 0.3) is 0 Å². The summed E-state index contributed by atoms with van der Waals surface area (Å²) in [4.78, 5) is 0. The molecule has 1 N–H and O–H groups in total. The van der Waals surface area contributed by atoms with Crippen LogP contribution in [0.4, 0.5) is 0 Å². The Morgan fingerprint density at radius 2 is 1.86 bits per heavy atom. The van der Waals surface area contributed by atoms with Crippen LogP contribution in [0.25, 0.3) is 0 Å². The molecule has 0 saturated carbocycles. The van der Waals surface area contributed by atoms with Crippen LogP contribution in [0.15, 0.2) is 54.6 Å². The fraction of sp³-hybridized carbons (Fsp3) is 0.333. The van der Waals surface area contributed by atoms with E-state index in [1.165, 1.54) is 0 Å². The fourth-order valence-corrected chi connectivity index (χ4v) is 2.52. The zero-order valence-corrected chi connectivity index (χ0v) is 12.5. The van der Waals surface area contributed by atoms with Gasteiger partial charge in [-0.1, -0.05) is 37.3 Å². The summed E-state index contributed by atoms with van der Waals surface area (Å²) in [6, 6.07) is 16.7. The Morgan fingerprint density at radius 1 is 1.14 bits per heavy atom. The number of para-hydroxylation sites is 1. The van der Waals surface area contributed by atoms with Crippen molar-refractivity contribution in [2.75, 3.05) is 6.61 Å². The summed E-state index contributed by atoms with van der Waals surface area (Å²) in [5.41, 5.74) is 0.951. The molecule has 2 aromatic rings. The SMILES string of the molecule is CCC1OCC(C(Oc2ccccc2)c2ccc(O)cc2)O1. The first-order valence-corrected chi connectivity index (χ1v) is 7.54. The molecular weight excluding hydrogens is 280 g/mol. The second-order valence-electron chi connectivity index (χ2n) is 5.29. The summed E-state index contributed by atoms with van der Waals surface area (Å²) in [5.74, 6) is 1.02. The predicted octanol–water partition coefficient (Wildman–Crippen LogP) is 3.66. The first-order chi connectivity index (χ1) is 10.8. The molecular formula is C18H20O4.